The van der Waals surface area contributed by atoms with Gasteiger partial charge in [-0.15, -0.1) is 18.3 Å². The van der Waals surface area contributed by atoms with Crippen molar-refractivity contribution in [1.82, 2.24) is 29.7 Å². The predicted octanol–water partition coefficient (Wildman–Crippen LogP) is 4.61. The molecule has 3 amide bonds. The fourth-order valence-electron chi connectivity index (χ4n) is 8.86. The monoisotopic (exact) mass is 760 g/mol. The van der Waals surface area contributed by atoms with Crippen molar-refractivity contribution in [2.75, 3.05) is 20.2 Å². The number of aliphatic hydroxyl groups is 1. The van der Waals surface area contributed by atoms with E-state index in [1.165, 1.54) is 4.90 Å². The highest BCUT2D eigenvalue weighted by molar-refractivity contribution is 5.98. The number of para-hydroxylation sites is 1. The number of likely N-dealkylation sites (tertiary alicyclic amines) is 1. The summed E-state index contributed by atoms with van der Waals surface area (Å²) < 4.78 is 14.8. The van der Waals surface area contributed by atoms with Gasteiger partial charge in [-0.2, -0.15) is 0 Å². The summed E-state index contributed by atoms with van der Waals surface area (Å²) in [6.07, 6.45) is 3.24. The van der Waals surface area contributed by atoms with Gasteiger partial charge in [-0.05, 0) is 49.4 Å². The Labute approximate surface area is 326 Å². The summed E-state index contributed by atoms with van der Waals surface area (Å²) in [5.41, 5.74) is 1.31. The third-order valence-electron chi connectivity index (χ3n) is 11.7. The van der Waals surface area contributed by atoms with Crippen LogP contribution in [0, 0.1) is 11.8 Å². The number of hydrogen-bond acceptors (Lipinski definition) is 9. The summed E-state index contributed by atoms with van der Waals surface area (Å²) in [6, 6.07) is 23.0. The molecule has 4 heterocycles. The van der Waals surface area contributed by atoms with Crippen LogP contribution in [0.2, 0.25) is 0 Å². The third kappa shape index (κ3) is 6.79. The minimum Gasteiger partial charge on any atom is -0.455 e. The lowest BCUT2D eigenvalue weighted by atomic mass is 9.70. The van der Waals surface area contributed by atoms with Crippen molar-refractivity contribution in [3.05, 3.63) is 121 Å². The second-order valence-electron chi connectivity index (χ2n) is 14.8. The number of carbonyl (C=O) groups is 4. The number of esters is 1. The normalized spacial score (nSPS) is 24.0. The van der Waals surface area contributed by atoms with E-state index in [-0.39, 0.29) is 25.5 Å². The summed E-state index contributed by atoms with van der Waals surface area (Å²) >= 11 is 0. The van der Waals surface area contributed by atoms with Crippen LogP contribution >= 0.6 is 0 Å². The molecule has 7 rings (SSSR count). The Morgan fingerprint density at radius 2 is 1.70 bits per heavy atom. The smallest absolute Gasteiger partial charge is 0.313 e. The van der Waals surface area contributed by atoms with Crippen LogP contribution in [-0.4, -0.2) is 102 Å². The Hall–Kier alpha value is -5.66. The fourth-order valence-corrected chi connectivity index (χ4v) is 8.86. The molecule has 3 saturated heterocycles. The number of allylic oxidation sites excluding steroid dienone is 1. The second kappa shape index (κ2) is 16.2. The first kappa shape index (κ1) is 38.6. The van der Waals surface area contributed by atoms with Gasteiger partial charge in [0.2, 0.25) is 17.7 Å². The molecule has 1 aromatic heterocycles. The molecule has 13 heteroatoms. The minimum atomic E-state index is -1.39. The van der Waals surface area contributed by atoms with Crippen LogP contribution in [0.1, 0.15) is 55.9 Å². The number of fused-ring (bicyclic) bond motifs is 2. The van der Waals surface area contributed by atoms with Gasteiger partial charge >= 0.3 is 5.97 Å². The number of aliphatic hydroxyl groups excluding tert-OH is 1. The topological polar surface area (TPSA) is 147 Å². The summed E-state index contributed by atoms with van der Waals surface area (Å²) in [6.45, 7) is 9.10. The molecule has 3 aliphatic rings. The van der Waals surface area contributed by atoms with E-state index in [1.54, 1.807) is 57.9 Å². The molecule has 4 aromatic rings. The molecule has 8 atom stereocenters. The van der Waals surface area contributed by atoms with Crippen LogP contribution in [0.15, 0.2) is 110 Å². The molecule has 0 aliphatic carbocycles. The minimum absolute atomic E-state index is 0.00432. The summed E-state index contributed by atoms with van der Waals surface area (Å²) in [4.78, 5) is 62.6. The van der Waals surface area contributed by atoms with Crippen molar-refractivity contribution in [3.8, 4) is 0 Å². The Morgan fingerprint density at radius 3 is 2.38 bits per heavy atom. The standard InChI is InChI=1S/C43H48N6O7/c1-5-7-22-35(51)46(4)28(3)38(30-18-12-9-13-19-30)55-42(54)36-34-23-24-43(56-34)37(36)40(52)49(33(26-50)29-16-10-8-11-17-29)39(43)41(53)47(25-6-2)27-48-32-21-15-14-20-31(32)44-45-48/h5-6,8-21,28,33-34,36-39,50H,1-2,7,22-27H2,3-4H3/t28-,33-,34+,36-,37-,38+,39+,43-/m1/s1. The number of likely N-dealkylation sites (N-methyl/N-ethyl adjacent to an activating group) is 1. The quantitative estimate of drug-likeness (QED) is 0.128. The number of benzene rings is 3. The number of amides is 3. The van der Waals surface area contributed by atoms with Gasteiger partial charge in [0.15, 0.2) is 0 Å². The number of carbonyl (C=O) groups excluding carboxylic acids is 4. The zero-order valence-corrected chi connectivity index (χ0v) is 31.7. The maximum atomic E-state index is 15.2. The van der Waals surface area contributed by atoms with Crippen molar-refractivity contribution in [2.45, 2.75) is 75.2 Å². The first-order chi connectivity index (χ1) is 27.1. The lowest BCUT2D eigenvalue weighted by Gasteiger charge is -2.39. The maximum Gasteiger partial charge on any atom is 0.313 e. The second-order valence-corrected chi connectivity index (χ2v) is 14.8. The predicted molar refractivity (Wildman–Crippen MR) is 207 cm³/mol. The van der Waals surface area contributed by atoms with Gasteiger partial charge in [-0.1, -0.05) is 90.2 Å². The van der Waals surface area contributed by atoms with Gasteiger partial charge in [0.1, 0.15) is 29.9 Å². The number of nitrogens with zero attached hydrogens (tertiary/aromatic N) is 6. The SMILES string of the molecule is C=CCCC(=O)N(C)[C@H](C)[C@H](OC(=O)[C@@H]1[C@@H]2CC[C@]3(O2)[C@H](C(=O)N(CC=C)Cn2nnc4ccccc42)N([C@H](CO)c2ccccc2)C(=O)[C@@H]13)c1ccccc1. The van der Waals surface area contributed by atoms with Crippen LogP contribution in [0.5, 0.6) is 0 Å². The van der Waals surface area contributed by atoms with Gasteiger partial charge in [-0.3, -0.25) is 19.2 Å². The van der Waals surface area contributed by atoms with Crippen molar-refractivity contribution in [3.63, 3.8) is 0 Å². The molecule has 13 nitrogen and oxygen atoms in total. The van der Waals surface area contributed by atoms with Gasteiger partial charge in [0, 0.05) is 20.0 Å². The van der Waals surface area contributed by atoms with Crippen molar-refractivity contribution >= 4 is 34.7 Å². The van der Waals surface area contributed by atoms with Crippen molar-refractivity contribution in [2.24, 2.45) is 11.8 Å². The Bertz CT molecular complexity index is 2090. The lowest BCUT2D eigenvalue weighted by molar-refractivity contribution is -0.165. The van der Waals surface area contributed by atoms with Gasteiger partial charge < -0.3 is 29.3 Å². The molecule has 1 spiro atoms. The Morgan fingerprint density at radius 1 is 1.02 bits per heavy atom. The zero-order valence-electron chi connectivity index (χ0n) is 31.7. The van der Waals surface area contributed by atoms with Crippen molar-refractivity contribution < 1.29 is 33.8 Å². The highest BCUT2D eigenvalue weighted by Gasteiger charge is 2.76. The molecule has 0 unspecified atom stereocenters. The van der Waals surface area contributed by atoms with Gasteiger partial charge in [0.25, 0.3) is 0 Å². The van der Waals surface area contributed by atoms with Gasteiger partial charge in [-0.25, -0.2) is 4.68 Å². The summed E-state index contributed by atoms with van der Waals surface area (Å²) in [5.74, 6) is -3.79. The van der Waals surface area contributed by atoms with Crippen LogP contribution in [0.4, 0.5) is 0 Å². The average Bonchev–Trinajstić information content (AvgIpc) is 3.98. The van der Waals surface area contributed by atoms with Crippen LogP contribution in [-0.2, 0) is 35.3 Å². The third-order valence-corrected chi connectivity index (χ3v) is 11.7. The van der Waals surface area contributed by atoms with E-state index in [9.17, 15) is 14.7 Å². The highest BCUT2D eigenvalue weighted by atomic mass is 16.6. The average molecular weight is 761 g/mol. The molecule has 0 saturated carbocycles. The summed E-state index contributed by atoms with van der Waals surface area (Å²) in [5, 5.41) is 19.5. The molecular weight excluding hydrogens is 713 g/mol. The van der Waals surface area contributed by atoms with E-state index < -0.39 is 72.2 Å². The highest BCUT2D eigenvalue weighted by Crippen LogP contribution is 2.60. The lowest BCUT2D eigenvalue weighted by Crippen LogP contribution is -2.57. The molecule has 56 heavy (non-hydrogen) atoms. The van der Waals surface area contributed by atoms with E-state index in [1.807, 2.05) is 67.6 Å². The van der Waals surface area contributed by atoms with E-state index >= 15 is 9.59 Å². The maximum absolute atomic E-state index is 15.2. The molecule has 292 valence electrons. The van der Waals surface area contributed by atoms with E-state index in [4.69, 9.17) is 9.47 Å². The number of hydrogen-bond donors (Lipinski definition) is 1. The fraction of sp³-hybridized carbons (Fsp3) is 0.395. The molecule has 1 N–H and O–H groups in total. The van der Waals surface area contributed by atoms with Crippen LogP contribution in [0.3, 0.4) is 0 Å². The van der Waals surface area contributed by atoms with E-state index in [2.05, 4.69) is 23.5 Å². The number of aromatic nitrogens is 3. The van der Waals surface area contributed by atoms with Crippen LogP contribution < -0.4 is 0 Å². The molecule has 0 radical (unpaired) electrons. The Kier molecular flexibility index (Phi) is 11.2. The molecule has 3 fully saturated rings. The first-order valence-corrected chi connectivity index (χ1v) is 19.1. The first-order valence-electron chi connectivity index (χ1n) is 19.1. The van der Waals surface area contributed by atoms with E-state index in [0.29, 0.717) is 35.9 Å². The zero-order chi connectivity index (χ0) is 39.6. The number of ether oxygens (including phenoxy) is 2. The van der Waals surface area contributed by atoms with Gasteiger partial charge in [0.05, 0.1) is 42.1 Å². The molecule has 3 aliphatic heterocycles. The van der Waals surface area contributed by atoms with Crippen molar-refractivity contribution in [1.29, 1.82) is 0 Å². The van der Waals surface area contributed by atoms with E-state index in [0.717, 1.165) is 5.52 Å². The number of rotatable bonds is 16. The van der Waals surface area contributed by atoms with Crippen LogP contribution in [0.25, 0.3) is 11.0 Å². The molecule has 2 bridgehead atoms. The summed E-state index contributed by atoms with van der Waals surface area (Å²) in [7, 11) is 1.68. The Balaban J connectivity index is 1.26. The largest absolute Gasteiger partial charge is 0.455 e. The molecule has 3 aromatic carbocycles. The molecular formula is C43H48N6O7.